The molecule has 0 unspecified atom stereocenters. The van der Waals surface area contributed by atoms with Crippen LogP contribution in [0.15, 0.2) is 12.2 Å². The Morgan fingerprint density at radius 3 is 1.77 bits per heavy atom. The Morgan fingerprint density at radius 1 is 1.38 bits per heavy atom. The fraction of sp³-hybridized carbons (Fsp3) is 0.500. The molecule has 0 aliphatic rings. The van der Waals surface area contributed by atoms with E-state index in [-0.39, 0.29) is 0 Å². The molecule has 0 saturated carbocycles. The fourth-order valence-electron chi connectivity index (χ4n) is 0.409. The Hall–Kier alpha value is -0.680. The minimum atomic E-state index is -4.64. The molecule has 0 aromatic heterocycles. The summed E-state index contributed by atoms with van der Waals surface area (Å²) in [6.45, 7) is 5.27. The van der Waals surface area contributed by atoms with Gasteiger partial charge in [0, 0.05) is 5.57 Å². The quantitative estimate of drug-likeness (QED) is 0.400. The third-order valence-corrected chi connectivity index (χ3v) is 0.854. The van der Waals surface area contributed by atoms with Crippen molar-refractivity contribution in [3.8, 4) is 0 Å². The van der Waals surface area contributed by atoms with Crippen molar-refractivity contribution < 1.29 is 29.1 Å². The van der Waals surface area contributed by atoms with Crippen LogP contribution in [0.4, 0.5) is 0 Å². The summed E-state index contributed by atoms with van der Waals surface area (Å²) < 4.78 is 8.88. The molecule has 0 aliphatic carbocycles. The molecule has 0 saturated heterocycles. The highest BCUT2D eigenvalue weighted by Crippen LogP contribution is 2.25. The molecule has 0 rings (SSSR count). The molecule has 6 nitrogen and oxygen atoms in total. The normalized spacial score (nSPS) is 9.85. The van der Waals surface area contributed by atoms with Gasteiger partial charge in [0.2, 0.25) is 0 Å². The first-order valence-electron chi connectivity index (χ1n) is 3.37. The third kappa shape index (κ3) is 24.6. The summed E-state index contributed by atoms with van der Waals surface area (Å²) in [5.74, 6) is -0.883. The van der Waals surface area contributed by atoms with E-state index in [0.717, 1.165) is 6.42 Å². The summed E-state index contributed by atoms with van der Waals surface area (Å²) in [4.78, 5) is 31.6. The smallest absolute Gasteiger partial charge is 0.466 e. The van der Waals surface area contributed by atoms with Crippen LogP contribution < -0.4 is 0 Å². The first-order valence-corrected chi connectivity index (χ1v) is 4.94. The van der Waals surface area contributed by atoms with Gasteiger partial charge in [-0.1, -0.05) is 19.9 Å². The van der Waals surface area contributed by atoms with Crippen molar-refractivity contribution >= 4 is 13.8 Å². The summed E-state index contributed by atoms with van der Waals surface area (Å²) in [7, 11) is -4.64. The molecule has 78 valence electrons. The van der Waals surface area contributed by atoms with Crippen LogP contribution in [0.3, 0.4) is 0 Å². The summed E-state index contributed by atoms with van der Waals surface area (Å²) in [5.41, 5.74) is 0.299. The average molecular weight is 212 g/mol. The fourth-order valence-corrected chi connectivity index (χ4v) is 0.409. The topological polar surface area (TPSA) is 115 Å². The number of aliphatic carboxylic acids is 1. The zero-order valence-corrected chi connectivity index (χ0v) is 8.07. The first kappa shape index (κ1) is 14.8. The summed E-state index contributed by atoms with van der Waals surface area (Å²) in [5, 5.41) is 8.21. The van der Waals surface area contributed by atoms with Gasteiger partial charge in [-0.15, -0.1) is 0 Å². The second-order valence-electron chi connectivity index (χ2n) is 2.17. The minimum Gasteiger partial charge on any atom is -0.478 e. The van der Waals surface area contributed by atoms with Crippen LogP contribution in [0.2, 0.25) is 0 Å². The monoisotopic (exact) mass is 212 g/mol. The van der Waals surface area contributed by atoms with Crippen molar-refractivity contribution in [2.75, 3.05) is 0 Å². The number of carbonyl (C=O) groups is 1. The lowest BCUT2D eigenvalue weighted by molar-refractivity contribution is -0.132. The Balaban J connectivity index is 0. The molecule has 13 heavy (non-hydrogen) atoms. The number of hydrogen-bond donors (Lipinski definition) is 4. The van der Waals surface area contributed by atoms with Crippen molar-refractivity contribution in [1.82, 2.24) is 0 Å². The highest BCUT2D eigenvalue weighted by molar-refractivity contribution is 7.45. The Labute approximate surface area is 75.8 Å². The molecular weight excluding hydrogens is 199 g/mol. The van der Waals surface area contributed by atoms with Gasteiger partial charge >= 0.3 is 13.8 Å². The van der Waals surface area contributed by atoms with Gasteiger partial charge in [0.05, 0.1) is 0 Å². The van der Waals surface area contributed by atoms with Gasteiger partial charge in [0.1, 0.15) is 0 Å². The number of carboxylic acids is 1. The van der Waals surface area contributed by atoms with Crippen LogP contribution in [-0.2, 0) is 9.36 Å². The van der Waals surface area contributed by atoms with Gasteiger partial charge in [-0.2, -0.15) is 0 Å². The van der Waals surface area contributed by atoms with Crippen LogP contribution in [-0.4, -0.2) is 25.8 Å². The summed E-state index contributed by atoms with van der Waals surface area (Å²) >= 11 is 0. The molecule has 0 amide bonds. The molecule has 0 aromatic rings. The molecular formula is C6H13O6P. The van der Waals surface area contributed by atoms with E-state index in [1.165, 1.54) is 0 Å². The van der Waals surface area contributed by atoms with Gasteiger partial charge in [-0.3, -0.25) is 0 Å². The lowest BCUT2D eigenvalue weighted by Gasteiger charge is -1.92. The Bertz CT molecular complexity index is 209. The molecule has 0 fully saturated rings. The van der Waals surface area contributed by atoms with E-state index in [9.17, 15) is 4.79 Å². The predicted molar refractivity (Wildman–Crippen MR) is 45.9 cm³/mol. The standard InChI is InChI=1S/C6H10O2.H3O4P/c1-3-4-5(2)6(7)8;1-5(2,3)4/h2-4H2,1H3,(H,7,8);(H3,1,2,3,4). The van der Waals surface area contributed by atoms with Crippen LogP contribution in [0.5, 0.6) is 0 Å². The zero-order valence-electron chi connectivity index (χ0n) is 7.17. The molecule has 7 heteroatoms. The molecule has 0 bridgehead atoms. The molecule has 4 N–H and O–H groups in total. The van der Waals surface area contributed by atoms with E-state index in [1.54, 1.807) is 0 Å². The molecule has 0 radical (unpaired) electrons. The first-order chi connectivity index (χ1) is 5.68. The largest absolute Gasteiger partial charge is 0.478 e. The highest BCUT2D eigenvalue weighted by atomic mass is 31.2. The van der Waals surface area contributed by atoms with Crippen molar-refractivity contribution in [3.63, 3.8) is 0 Å². The van der Waals surface area contributed by atoms with Gasteiger partial charge in [-0.25, -0.2) is 9.36 Å². The highest BCUT2D eigenvalue weighted by Gasteiger charge is 2.00. The van der Waals surface area contributed by atoms with Gasteiger partial charge in [0.25, 0.3) is 0 Å². The van der Waals surface area contributed by atoms with Crippen LogP contribution in [0.25, 0.3) is 0 Å². The zero-order chi connectivity index (χ0) is 11.1. The predicted octanol–water partition coefficient (Wildman–Crippen LogP) is 0.499. The van der Waals surface area contributed by atoms with E-state index >= 15 is 0 Å². The lowest BCUT2D eigenvalue weighted by atomic mass is 10.2. The third-order valence-electron chi connectivity index (χ3n) is 0.854. The van der Waals surface area contributed by atoms with E-state index in [1.807, 2.05) is 6.92 Å². The number of carboxylic acid groups (broad SMARTS) is 1. The van der Waals surface area contributed by atoms with E-state index in [2.05, 4.69) is 6.58 Å². The maximum Gasteiger partial charge on any atom is 0.466 e. The second kappa shape index (κ2) is 6.80. The minimum absolute atomic E-state index is 0.299. The van der Waals surface area contributed by atoms with Crippen molar-refractivity contribution in [2.45, 2.75) is 19.8 Å². The maximum atomic E-state index is 9.99. The van der Waals surface area contributed by atoms with Gasteiger partial charge in [-0.05, 0) is 6.42 Å². The van der Waals surface area contributed by atoms with E-state index < -0.39 is 13.8 Å². The number of hydrogen-bond acceptors (Lipinski definition) is 2. The molecule has 0 spiro atoms. The van der Waals surface area contributed by atoms with Gasteiger partial charge in [0.15, 0.2) is 0 Å². The van der Waals surface area contributed by atoms with Gasteiger partial charge < -0.3 is 19.8 Å². The SMILES string of the molecule is C=C(CCC)C(=O)O.O=P(O)(O)O. The molecule has 0 aliphatic heterocycles. The molecule has 0 atom stereocenters. The van der Waals surface area contributed by atoms with E-state index in [4.69, 9.17) is 24.4 Å². The second-order valence-corrected chi connectivity index (χ2v) is 3.20. The Morgan fingerprint density at radius 2 is 1.69 bits per heavy atom. The Kier molecular flexibility index (Phi) is 7.75. The van der Waals surface area contributed by atoms with E-state index in [0.29, 0.717) is 12.0 Å². The summed E-state index contributed by atoms with van der Waals surface area (Å²) in [6.07, 6.45) is 1.44. The van der Waals surface area contributed by atoms with Crippen LogP contribution in [0.1, 0.15) is 19.8 Å². The number of rotatable bonds is 3. The number of phosphoric acid groups is 1. The van der Waals surface area contributed by atoms with Crippen molar-refractivity contribution in [3.05, 3.63) is 12.2 Å². The van der Waals surface area contributed by atoms with Crippen LogP contribution >= 0.6 is 7.82 Å². The maximum absolute atomic E-state index is 9.99. The lowest BCUT2D eigenvalue weighted by Crippen LogP contribution is -1.97. The van der Waals surface area contributed by atoms with Crippen molar-refractivity contribution in [1.29, 1.82) is 0 Å². The summed E-state index contributed by atoms with van der Waals surface area (Å²) in [6, 6.07) is 0. The molecule has 0 heterocycles. The van der Waals surface area contributed by atoms with Crippen molar-refractivity contribution in [2.24, 2.45) is 0 Å². The average Bonchev–Trinajstić information content (AvgIpc) is 1.84. The molecule has 0 aromatic carbocycles. The van der Waals surface area contributed by atoms with Crippen LogP contribution in [0, 0.1) is 0 Å².